The zero-order valence-electron chi connectivity index (χ0n) is 11.8. The number of aliphatic hydroxyl groups is 1. The summed E-state index contributed by atoms with van der Waals surface area (Å²) >= 11 is 0. The van der Waals surface area contributed by atoms with Gasteiger partial charge in [0.2, 0.25) is 0 Å². The zero-order valence-corrected chi connectivity index (χ0v) is 11.8. The molecule has 0 heterocycles. The van der Waals surface area contributed by atoms with Crippen LogP contribution >= 0.6 is 0 Å². The minimum Gasteiger partial charge on any atom is -0.498 e. The molecule has 2 rings (SSSR count). The van der Waals surface area contributed by atoms with Crippen LogP contribution in [0.3, 0.4) is 0 Å². The van der Waals surface area contributed by atoms with Crippen LogP contribution in [0.5, 0.6) is 0 Å². The molecule has 0 fully saturated rings. The van der Waals surface area contributed by atoms with E-state index in [1.54, 1.807) is 20.3 Å². The molecule has 1 aliphatic rings. The van der Waals surface area contributed by atoms with E-state index in [-0.39, 0.29) is 12.0 Å². The molecule has 0 aromatic heterocycles. The highest BCUT2D eigenvalue weighted by Gasteiger charge is 2.27. The third kappa shape index (κ3) is 2.84. The van der Waals surface area contributed by atoms with Gasteiger partial charge in [0.05, 0.1) is 13.2 Å². The number of hydrogen-bond acceptors (Lipinski definition) is 3. The summed E-state index contributed by atoms with van der Waals surface area (Å²) in [5.41, 5.74) is 1.95. The predicted octanol–water partition coefficient (Wildman–Crippen LogP) is 2.80. The van der Waals surface area contributed by atoms with Crippen LogP contribution in [0.1, 0.15) is 11.5 Å². The van der Waals surface area contributed by atoms with Gasteiger partial charge in [-0.3, -0.25) is 0 Å². The van der Waals surface area contributed by atoms with Crippen molar-refractivity contribution in [3.63, 3.8) is 0 Å². The first-order chi connectivity index (χ1) is 9.71. The van der Waals surface area contributed by atoms with Crippen molar-refractivity contribution in [2.75, 3.05) is 14.2 Å². The Bertz CT molecular complexity index is 516. The fourth-order valence-electron chi connectivity index (χ4n) is 2.48. The third-order valence-corrected chi connectivity index (χ3v) is 3.53. The van der Waals surface area contributed by atoms with Gasteiger partial charge in [-0.25, -0.2) is 0 Å². The standard InChI is InChI=1S/C17H20O3/c1-4-13(12-8-6-5-7-9-12)14-10-16(19-2)17(20-3)11-15(14)18/h4-11,13,15-16,18H,1H2,2-3H3. The number of rotatable bonds is 5. The summed E-state index contributed by atoms with van der Waals surface area (Å²) in [6, 6.07) is 9.97. The van der Waals surface area contributed by atoms with Crippen LogP contribution in [0.4, 0.5) is 0 Å². The van der Waals surface area contributed by atoms with E-state index in [1.807, 2.05) is 42.5 Å². The van der Waals surface area contributed by atoms with Crippen LogP contribution in [0.25, 0.3) is 0 Å². The number of ether oxygens (including phenoxy) is 2. The van der Waals surface area contributed by atoms with E-state index in [0.29, 0.717) is 5.76 Å². The van der Waals surface area contributed by atoms with E-state index < -0.39 is 6.10 Å². The molecule has 0 saturated carbocycles. The Labute approximate surface area is 119 Å². The molecule has 1 aromatic carbocycles. The summed E-state index contributed by atoms with van der Waals surface area (Å²) < 4.78 is 10.6. The fourth-order valence-corrected chi connectivity index (χ4v) is 2.48. The fraction of sp³-hybridized carbons (Fsp3) is 0.294. The second-order valence-corrected chi connectivity index (χ2v) is 4.67. The molecule has 3 nitrogen and oxygen atoms in total. The topological polar surface area (TPSA) is 38.7 Å². The largest absolute Gasteiger partial charge is 0.498 e. The van der Waals surface area contributed by atoms with Crippen LogP contribution in [0, 0.1) is 0 Å². The summed E-state index contributed by atoms with van der Waals surface area (Å²) in [5.74, 6) is 0.582. The molecule has 3 atom stereocenters. The smallest absolute Gasteiger partial charge is 0.132 e. The molecule has 20 heavy (non-hydrogen) atoms. The Morgan fingerprint density at radius 3 is 2.45 bits per heavy atom. The Hall–Kier alpha value is -1.84. The lowest BCUT2D eigenvalue weighted by molar-refractivity contribution is 0.0987. The molecule has 0 amide bonds. The zero-order chi connectivity index (χ0) is 14.5. The van der Waals surface area contributed by atoms with Crippen molar-refractivity contribution in [1.29, 1.82) is 0 Å². The van der Waals surface area contributed by atoms with E-state index in [2.05, 4.69) is 6.58 Å². The maximum atomic E-state index is 10.3. The summed E-state index contributed by atoms with van der Waals surface area (Å²) in [4.78, 5) is 0. The summed E-state index contributed by atoms with van der Waals surface area (Å²) in [5, 5.41) is 10.3. The minimum absolute atomic E-state index is 0.0430. The van der Waals surface area contributed by atoms with E-state index in [9.17, 15) is 5.11 Å². The van der Waals surface area contributed by atoms with E-state index in [1.165, 1.54) is 0 Å². The highest BCUT2D eigenvalue weighted by atomic mass is 16.5. The lowest BCUT2D eigenvalue weighted by Gasteiger charge is -2.28. The molecule has 0 saturated heterocycles. The van der Waals surface area contributed by atoms with Gasteiger partial charge in [-0.2, -0.15) is 0 Å². The van der Waals surface area contributed by atoms with Gasteiger partial charge < -0.3 is 14.6 Å². The van der Waals surface area contributed by atoms with Crippen molar-refractivity contribution in [2.24, 2.45) is 0 Å². The Balaban J connectivity index is 2.35. The maximum Gasteiger partial charge on any atom is 0.132 e. The minimum atomic E-state index is -0.695. The van der Waals surface area contributed by atoms with Crippen molar-refractivity contribution in [2.45, 2.75) is 18.1 Å². The lowest BCUT2D eigenvalue weighted by atomic mass is 9.84. The number of methoxy groups -OCH3 is 2. The first-order valence-electron chi connectivity index (χ1n) is 6.57. The van der Waals surface area contributed by atoms with E-state index in [4.69, 9.17) is 9.47 Å². The molecule has 1 aliphatic carbocycles. The van der Waals surface area contributed by atoms with Crippen molar-refractivity contribution >= 4 is 0 Å². The molecule has 106 valence electrons. The molecular weight excluding hydrogens is 252 g/mol. The molecule has 1 aromatic rings. The molecule has 0 aliphatic heterocycles. The van der Waals surface area contributed by atoms with Gasteiger partial charge in [0.25, 0.3) is 0 Å². The quantitative estimate of drug-likeness (QED) is 0.838. The average Bonchev–Trinajstić information content (AvgIpc) is 2.50. The van der Waals surface area contributed by atoms with Crippen molar-refractivity contribution in [3.05, 3.63) is 72.0 Å². The number of benzene rings is 1. The Kier molecular flexibility index (Phi) is 4.77. The van der Waals surface area contributed by atoms with Gasteiger partial charge in [-0.15, -0.1) is 6.58 Å². The van der Waals surface area contributed by atoms with Crippen molar-refractivity contribution in [3.8, 4) is 0 Å². The second kappa shape index (κ2) is 6.55. The molecular formula is C17H20O3. The highest BCUT2D eigenvalue weighted by Crippen LogP contribution is 2.33. The van der Waals surface area contributed by atoms with Gasteiger partial charge in [0.15, 0.2) is 0 Å². The van der Waals surface area contributed by atoms with Crippen molar-refractivity contribution < 1.29 is 14.6 Å². The monoisotopic (exact) mass is 272 g/mol. The van der Waals surface area contributed by atoms with Crippen LogP contribution in [-0.4, -0.2) is 31.5 Å². The Morgan fingerprint density at radius 2 is 1.90 bits per heavy atom. The summed E-state index contributed by atoms with van der Waals surface area (Å²) in [7, 11) is 3.19. The third-order valence-electron chi connectivity index (χ3n) is 3.53. The second-order valence-electron chi connectivity index (χ2n) is 4.67. The van der Waals surface area contributed by atoms with Gasteiger partial charge in [0, 0.05) is 13.0 Å². The molecule has 1 N–H and O–H groups in total. The SMILES string of the molecule is C=CC(C1=CC(OC)C(OC)=CC1O)c1ccccc1. The summed E-state index contributed by atoms with van der Waals surface area (Å²) in [6.07, 6.45) is 4.46. The molecule has 0 radical (unpaired) electrons. The van der Waals surface area contributed by atoms with Gasteiger partial charge in [-0.05, 0) is 23.3 Å². The summed E-state index contributed by atoms with van der Waals surface area (Å²) in [6.45, 7) is 3.89. The van der Waals surface area contributed by atoms with Crippen LogP contribution in [0.2, 0.25) is 0 Å². The van der Waals surface area contributed by atoms with Gasteiger partial charge in [0.1, 0.15) is 11.9 Å². The van der Waals surface area contributed by atoms with Crippen molar-refractivity contribution in [1.82, 2.24) is 0 Å². The lowest BCUT2D eigenvalue weighted by Crippen LogP contribution is -2.26. The highest BCUT2D eigenvalue weighted by molar-refractivity contribution is 5.41. The Morgan fingerprint density at radius 1 is 1.20 bits per heavy atom. The van der Waals surface area contributed by atoms with Crippen LogP contribution < -0.4 is 0 Å². The average molecular weight is 272 g/mol. The van der Waals surface area contributed by atoms with Crippen LogP contribution in [-0.2, 0) is 9.47 Å². The van der Waals surface area contributed by atoms with E-state index >= 15 is 0 Å². The van der Waals surface area contributed by atoms with E-state index in [0.717, 1.165) is 11.1 Å². The number of hydrogen-bond donors (Lipinski definition) is 1. The molecule has 0 bridgehead atoms. The van der Waals surface area contributed by atoms with Crippen LogP contribution in [0.15, 0.2) is 66.5 Å². The predicted molar refractivity (Wildman–Crippen MR) is 79.4 cm³/mol. The first kappa shape index (κ1) is 14.6. The van der Waals surface area contributed by atoms with Gasteiger partial charge >= 0.3 is 0 Å². The molecule has 3 heteroatoms. The van der Waals surface area contributed by atoms with Gasteiger partial charge in [-0.1, -0.05) is 36.4 Å². The molecule has 3 unspecified atom stereocenters. The normalized spacial score (nSPS) is 23.6. The molecule has 0 spiro atoms. The number of allylic oxidation sites excluding steroid dienone is 1. The maximum absolute atomic E-state index is 10.3. The number of aliphatic hydroxyl groups excluding tert-OH is 1. The first-order valence-corrected chi connectivity index (χ1v) is 6.57.